The Morgan fingerprint density at radius 3 is 2.37 bits per heavy atom. The quantitative estimate of drug-likeness (QED) is 0.342. The molecule has 1 N–H and O–H groups in total. The molecule has 11 heteroatoms. The highest BCUT2D eigenvalue weighted by molar-refractivity contribution is 7.88. The number of nitrogens with one attached hydrogen (secondary N) is 1. The van der Waals surface area contributed by atoms with Crippen LogP contribution in [0.25, 0.3) is 22.4 Å². The zero-order chi connectivity index (χ0) is 25.8. The Bertz CT molecular complexity index is 1380. The van der Waals surface area contributed by atoms with E-state index < -0.39 is 15.7 Å². The monoisotopic (exact) mass is 523 g/mol. The summed E-state index contributed by atoms with van der Waals surface area (Å²) in [6.07, 6.45) is 3.10. The zero-order valence-corrected chi connectivity index (χ0v) is 21.9. The minimum atomic E-state index is -3.12. The number of rotatable bonds is 7. The number of alkyl halides is 2. The van der Waals surface area contributed by atoms with E-state index in [2.05, 4.69) is 9.71 Å². The second kappa shape index (κ2) is 10.8. The maximum atomic E-state index is 13.0. The van der Waals surface area contributed by atoms with Gasteiger partial charge >= 0.3 is 0 Å². The summed E-state index contributed by atoms with van der Waals surface area (Å²) in [5.74, 6) is 2.01. The highest BCUT2D eigenvalue weighted by atomic mass is 32.2. The number of methoxy groups -OCH3 is 1. The summed E-state index contributed by atoms with van der Waals surface area (Å²) in [5, 5.41) is 1.08. The number of sulfonamides is 1. The van der Waals surface area contributed by atoms with Crippen molar-refractivity contribution in [3.05, 3.63) is 71.7 Å². The highest BCUT2D eigenvalue weighted by Gasteiger charge is 2.24. The maximum Gasteiger partial charge on any atom is 0.283 e. The molecule has 0 saturated carbocycles. The van der Waals surface area contributed by atoms with Crippen LogP contribution in [0.1, 0.15) is 17.0 Å². The summed E-state index contributed by atoms with van der Waals surface area (Å²) in [4.78, 5) is 4.21. The van der Waals surface area contributed by atoms with Crippen LogP contribution in [0.2, 0.25) is 0 Å². The van der Waals surface area contributed by atoms with E-state index >= 15 is 0 Å². The Hall–Kier alpha value is -2.81. The Labute approximate surface area is 205 Å². The predicted octanol–water partition coefficient (Wildman–Crippen LogP) is 5.08. The molecule has 0 saturated heterocycles. The van der Waals surface area contributed by atoms with E-state index in [-0.39, 0.29) is 5.56 Å². The topological polar surface area (TPSA) is 86.4 Å². The SMILES string of the molecule is COc1ccc2c(ccn2CCNS(C)(=O)=O)c1.Cc1nc(-c2ccc(C(F)(F)P)cc2)oc1C. The fourth-order valence-electron chi connectivity index (χ4n) is 3.28. The van der Waals surface area contributed by atoms with Crippen molar-refractivity contribution in [3.8, 4) is 17.2 Å². The number of benzene rings is 2. The number of oxazole rings is 1. The number of aryl methyl sites for hydroxylation is 2. The van der Waals surface area contributed by atoms with Crippen LogP contribution in [0.3, 0.4) is 0 Å². The van der Waals surface area contributed by atoms with Gasteiger partial charge in [-0.3, -0.25) is 0 Å². The molecule has 0 spiro atoms. The Morgan fingerprint density at radius 1 is 1.14 bits per heavy atom. The Kier molecular flexibility index (Phi) is 8.30. The summed E-state index contributed by atoms with van der Waals surface area (Å²) < 4.78 is 63.0. The lowest BCUT2D eigenvalue weighted by Gasteiger charge is -2.09. The number of hydrogen-bond donors (Lipinski definition) is 1. The number of ether oxygens (including phenoxy) is 1. The molecule has 0 fully saturated rings. The molecule has 7 nitrogen and oxygen atoms in total. The molecule has 0 amide bonds. The molecule has 1 unspecified atom stereocenters. The van der Waals surface area contributed by atoms with E-state index in [4.69, 9.17) is 9.15 Å². The van der Waals surface area contributed by atoms with Crippen molar-refractivity contribution in [1.29, 1.82) is 0 Å². The number of hydrogen-bond acceptors (Lipinski definition) is 5. The van der Waals surface area contributed by atoms with Gasteiger partial charge in [-0.15, -0.1) is 0 Å². The number of halogens is 2. The van der Waals surface area contributed by atoms with Gasteiger partial charge in [0.05, 0.1) is 19.1 Å². The third-order valence-corrected chi connectivity index (χ3v) is 6.30. The van der Waals surface area contributed by atoms with E-state index in [0.717, 1.165) is 34.4 Å². The molecule has 4 rings (SSSR count). The van der Waals surface area contributed by atoms with Crippen molar-refractivity contribution >= 4 is 30.2 Å². The molecule has 1 atom stereocenters. The zero-order valence-electron chi connectivity index (χ0n) is 19.9. The Morgan fingerprint density at radius 2 is 1.83 bits per heavy atom. The lowest BCUT2D eigenvalue weighted by atomic mass is 10.1. The predicted molar refractivity (Wildman–Crippen MR) is 136 cm³/mol. The third-order valence-electron chi connectivity index (χ3n) is 5.24. The lowest BCUT2D eigenvalue weighted by molar-refractivity contribution is 0.104. The van der Waals surface area contributed by atoms with Crippen LogP contribution in [0.15, 0.2) is 59.1 Å². The minimum Gasteiger partial charge on any atom is -0.497 e. The van der Waals surface area contributed by atoms with Crippen molar-refractivity contribution in [2.24, 2.45) is 0 Å². The molecule has 0 aliphatic carbocycles. The maximum absolute atomic E-state index is 13.0. The number of nitrogens with zero attached hydrogens (tertiary/aromatic N) is 2. The van der Waals surface area contributed by atoms with E-state index in [9.17, 15) is 17.2 Å². The summed E-state index contributed by atoms with van der Waals surface area (Å²) >= 11 is 0. The van der Waals surface area contributed by atoms with Gasteiger partial charge in [-0.1, -0.05) is 21.4 Å². The average Bonchev–Trinajstić information content (AvgIpc) is 3.35. The first-order valence-corrected chi connectivity index (χ1v) is 13.1. The molecule has 0 aliphatic rings. The molecule has 0 bridgehead atoms. The molecular weight excluding hydrogens is 495 g/mol. The molecule has 2 aromatic carbocycles. The molecule has 2 aromatic heterocycles. The molecular formula is C24H28F2N3O4PS. The highest BCUT2D eigenvalue weighted by Crippen LogP contribution is 2.35. The van der Waals surface area contributed by atoms with Crippen molar-refractivity contribution in [2.75, 3.05) is 19.9 Å². The first-order valence-electron chi connectivity index (χ1n) is 10.7. The van der Waals surface area contributed by atoms with Crippen molar-refractivity contribution in [1.82, 2.24) is 14.3 Å². The van der Waals surface area contributed by atoms with Gasteiger partial charge in [-0.05, 0) is 50.2 Å². The van der Waals surface area contributed by atoms with Gasteiger partial charge in [0.2, 0.25) is 15.9 Å². The van der Waals surface area contributed by atoms with Crippen LogP contribution in [0.5, 0.6) is 5.75 Å². The smallest absolute Gasteiger partial charge is 0.283 e. The molecule has 0 radical (unpaired) electrons. The summed E-state index contributed by atoms with van der Waals surface area (Å²) in [5.41, 5.74) is -0.391. The van der Waals surface area contributed by atoms with Crippen LogP contribution < -0.4 is 9.46 Å². The van der Waals surface area contributed by atoms with Gasteiger partial charge in [0.25, 0.3) is 5.66 Å². The Balaban J connectivity index is 0.000000196. The normalized spacial score (nSPS) is 11.9. The summed E-state index contributed by atoms with van der Waals surface area (Å²) in [6, 6.07) is 13.7. The van der Waals surface area contributed by atoms with Gasteiger partial charge < -0.3 is 13.7 Å². The third kappa shape index (κ3) is 7.34. The molecule has 35 heavy (non-hydrogen) atoms. The largest absolute Gasteiger partial charge is 0.497 e. The molecule has 2 heterocycles. The fraction of sp³-hybridized carbons (Fsp3) is 0.292. The second-order valence-corrected chi connectivity index (χ2v) is 10.5. The van der Waals surface area contributed by atoms with Crippen molar-refractivity contribution in [2.45, 2.75) is 26.1 Å². The average molecular weight is 524 g/mol. The molecule has 188 valence electrons. The van der Waals surface area contributed by atoms with E-state index in [1.807, 2.05) is 48.9 Å². The van der Waals surface area contributed by atoms with Gasteiger partial charge in [0, 0.05) is 41.3 Å². The van der Waals surface area contributed by atoms with Gasteiger partial charge in [0.15, 0.2) is 0 Å². The molecule has 4 aromatic rings. The van der Waals surface area contributed by atoms with Gasteiger partial charge in [-0.25, -0.2) is 18.1 Å². The van der Waals surface area contributed by atoms with Crippen LogP contribution in [-0.4, -0.2) is 37.9 Å². The van der Waals surface area contributed by atoms with E-state index in [1.165, 1.54) is 21.4 Å². The van der Waals surface area contributed by atoms with Crippen LogP contribution >= 0.6 is 9.24 Å². The number of aromatic nitrogens is 2. The fourth-order valence-corrected chi connectivity index (χ4v) is 3.94. The van der Waals surface area contributed by atoms with Crippen molar-refractivity contribution in [3.63, 3.8) is 0 Å². The van der Waals surface area contributed by atoms with E-state index in [1.54, 1.807) is 19.2 Å². The van der Waals surface area contributed by atoms with Gasteiger partial charge in [-0.2, -0.15) is 8.78 Å². The minimum absolute atomic E-state index is 0.0498. The first-order chi connectivity index (χ1) is 16.4. The second-order valence-electron chi connectivity index (χ2n) is 7.96. The number of fused-ring (bicyclic) bond motifs is 1. The first kappa shape index (κ1) is 26.8. The van der Waals surface area contributed by atoms with Crippen LogP contribution in [-0.2, 0) is 22.2 Å². The van der Waals surface area contributed by atoms with Crippen LogP contribution in [0, 0.1) is 13.8 Å². The van der Waals surface area contributed by atoms with Crippen molar-refractivity contribution < 1.29 is 26.4 Å². The lowest BCUT2D eigenvalue weighted by Crippen LogP contribution is -2.25. The van der Waals surface area contributed by atoms with Crippen LogP contribution in [0.4, 0.5) is 8.78 Å². The van der Waals surface area contributed by atoms with E-state index in [0.29, 0.717) is 24.5 Å². The van der Waals surface area contributed by atoms with Gasteiger partial charge in [0.1, 0.15) is 11.5 Å². The summed E-state index contributed by atoms with van der Waals surface area (Å²) in [7, 11) is 0.0224. The standard InChI is InChI=1S/C12H12F2NOP.C12H16N2O3S/c1-7-8(2)16-11(15-7)9-3-5-10(6-4-9)12(13,14)17;1-17-11-3-4-12-10(9-11)5-7-14(12)8-6-13-18(2,15)16/h3-6H,17H2,1-2H3;3-5,7,9,13H,6,8H2,1-2H3. The summed E-state index contributed by atoms with van der Waals surface area (Å²) in [6.45, 7) is 4.64. The molecule has 0 aliphatic heterocycles.